The summed E-state index contributed by atoms with van der Waals surface area (Å²) in [5, 5.41) is 15.1. The van der Waals surface area contributed by atoms with Crippen molar-refractivity contribution in [3.8, 4) is 0 Å². The Morgan fingerprint density at radius 2 is 1.12 bits per heavy atom. The molecule has 0 bridgehead atoms. The lowest BCUT2D eigenvalue weighted by Gasteiger charge is -2.30. The number of hydrogen-bond acceptors (Lipinski definition) is 11. The smallest absolute Gasteiger partial charge is 0.408 e. The van der Waals surface area contributed by atoms with E-state index in [4.69, 9.17) is 20.9 Å². The zero-order chi connectivity index (χ0) is 47.2. The molecule has 1 saturated carbocycles. The van der Waals surface area contributed by atoms with Gasteiger partial charge in [-0.3, -0.25) is 19.6 Å². The molecule has 9 N–H and O–H groups in total. The molecule has 2 fully saturated rings. The number of alkyl carbamates (subject to hydrolysis) is 2. The molecule has 15 heteroatoms. The maximum Gasteiger partial charge on any atom is 0.408 e. The lowest BCUT2D eigenvalue weighted by Crippen LogP contribution is -2.48. The van der Waals surface area contributed by atoms with Gasteiger partial charge in [0.1, 0.15) is 12.2 Å². The number of aromatic nitrogens is 2. The van der Waals surface area contributed by atoms with Gasteiger partial charge in [0.25, 0.3) is 11.8 Å². The van der Waals surface area contributed by atoms with Crippen LogP contribution in [-0.4, -0.2) is 47.1 Å². The van der Waals surface area contributed by atoms with Gasteiger partial charge >= 0.3 is 12.2 Å². The van der Waals surface area contributed by atoms with E-state index >= 15 is 0 Å². The third kappa shape index (κ3) is 11.9. The number of nitrogens with two attached hydrogens (primary N) is 2. The largest absolute Gasteiger partial charge is 0.442 e. The highest BCUT2D eigenvalue weighted by molar-refractivity contribution is 6.06. The number of ether oxygens (including phenoxy) is 2. The molecule has 4 amide bonds. The van der Waals surface area contributed by atoms with Crippen LogP contribution in [0.5, 0.6) is 0 Å². The van der Waals surface area contributed by atoms with Crippen LogP contribution in [-0.2, 0) is 20.6 Å². The fraction of sp³-hybridized carbons (Fsp3) is 0.269. The van der Waals surface area contributed by atoms with E-state index in [2.05, 4.69) is 36.6 Å². The summed E-state index contributed by atoms with van der Waals surface area (Å²) < 4.78 is 11.5. The van der Waals surface area contributed by atoms with Gasteiger partial charge in [-0.2, -0.15) is 0 Å². The van der Waals surface area contributed by atoms with Crippen molar-refractivity contribution in [2.24, 2.45) is 0 Å². The fourth-order valence-corrected chi connectivity index (χ4v) is 8.43. The molecular formula is C52H57N9O6. The van der Waals surface area contributed by atoms with Gasteiger partial charge in [0.2, 0.25) is 0 Å². The monoisotopic (exact) mass is 903 g/mol. The highest BCUT2D eigenvalue weighted by atomic mass is 16.6. The van der Waals surface area contributed by atoms with Crippen molar-refractivity contribution < 1.29 is 28.7 Å². The van der Waals surface area contributed by atoms with Gasteiger partial charge in [0, 0.05) is 42.5 Å². The average molecular weight is 904 g/mol. The maximum absolute atomic E-state index is 12.9. The summed E-state index contributed by atoms with van der Waals surface area (Å²) in [6, 6.07) is 35.9. The normalized spacial score (nSPS) is 16.8. The number of carbonyl (C=O) groups excluding carboxylic acids is 4. The van der Waals surface area contributed by atoms with Crippen LogP contribution in [0, 0.1) is 0 Å². The molecule has 4 aromatic carbocycles. The quantitative estimate of drug-likeness (QED) is 0.0541. The second-order valence-electron chi connectivity index (χ2n) is 16.7. The molecule has 1 saturated heterocycles. The van der Waals surface area contributed by atoms with E-state index in [0.29, 0.717) is 46.8 Å². The van der Waals surface area contributed by atoms with Crippen molar-refractivity contribution in [2.75, 3.05) is 35.2 Å². The second kappa shape index (κ2) is 21.9. The van der Waals surface area contributed by atoms with Gasteiger partial charge in [0.05, 0.1) is 33.8 Å². The van der Waals surface area contributed by atoms with E-state index < -0.39 is 35.5 Å². The standard InChI is InChI=1S/C26H29N5O3.C26H28N4O3/c1-2-23(34-25(33)31-26(13-15-29-17-26)20-6-5-14-28-16-20)18-9-11-19(12-10-18)24(32)30-22-8-4-3-7-21(22)27;1-18(33-25(32)30-26(14-4-5-15-26)21-7-6-16-28-17-21)19-10-12-20(13-11-19)24(31)29-23-9-3-2-8-22(23)27/h3-12,14,16,23,29H,2,13,15,17,27H2,1H3,(H,30,32)(H,31,33);2-3,6-13,16-18H,4-5,14-15,27H2,1H3,(H,29,31)(H,30,32)/t23-,26-;18-/m00/s1. The third-order valence-electron chi connectivity index (χ3n) is 12.2. The minimum absolute atomic E-state index is 0.259. The van der Waals surface area contributed by atoms with E-state index in [1.807, 2.05) is 68.6 Å². The van der Waals surface area contributed by atoms with Crippen LogP contribution < -0.4 is 38.1 Å². The van der Waals surface area contributed by atoms with Gasteiger partial charge in [-0.25, -0.2) is 9.59 Å². The number of nitrogens with one attached hydrogen (secondary N) is 5. The van der Waals surface area contributed by atoms with Crippen LogP contribution in [0.2, 0.25) is 0 Å². The first kappa shape index (κ1) is 47.2. The maximum atomic E-state index is 12.9. The molecule has 3 heterocycles. The third-order valence-corrected chi connectivity index (χ3v) is 12.2. The number of benzene rings is 4. The number of nitrogens with zero attached hydrogens (tertiary/aromatic N) is 2. The number of rotatable bonds is 13. The predicted molar refractivity (Wildman–Crippen MR) is 259 cm³/mol. The second-order valence-corrected chi connectivity index (χ2v) is 16.7. The Kier molecular flexibility index (Phi) is 15.4. The molecule has 15 nitrogen and oxygen atoms in total. The number of nitrogen functional groups attached to an aromatic ring is 2. The molecular weight excluding hydrogens is 847 g/mol. The Morgan fingerprint density at radius 1 is 0.627 bits per heavy atom. The molecule has 6 aromatic rings. The first-order chi connectivity index (χ1) is 32.5. The molecule has 1 aliphatic heterocycles. The van der Waals surface area contributed by atoms with Crippen molar-refractivity contribution in [1.82, 2.24) is 25.9 Å². The van der Waals surface area contributed by atoms with E-state index in [-0.39, 0.29) is 11.8 Å². The highest BCUT2D eigenvalue weighted by Crippen LogP contribution is 2.39. The summed E-state index contributed by atoms with van der Waals surface area (Å²) in [5.74, 6) is -0.520. The first-order valence-electron chi connectivity index (χ1n) is 22.5. The summed E-state index contributed by atoms with van der Waals surface area (Å²) >= 11 is 0. The minimum Gasteiger partial charge on any atom is -0.442 e. The highest BCUT2D eigenvalue weighted by Gasteiger charge is 2.39. The van der Waals surface area contributed by atoms with Crippen LogP contribution in [0.3, 0.4) is 0 Å². The lowest BCUT2D eigenvalue weighted by molar-refractivity contribution is 0.0859. The van der Waals surface area contributed by atoms with Gasteiger partial charge in [-0.05, 0) is 122 Å². The summed E-state index contributed by atoms with van der Waals surface area (Å²) in [5.41, 5.74) is 17.5. The van der Waals surface area contributed by atoms with Gasteiger partial charge in [0.15, 0.2) is 0 Å². The summed E-state index contributed by atoms with van der Waals surface area (Å²) in [4.78, 5) is 59.1. The van der Waals surface area contributed by atoms with E-state index in [1.165, 1.54) is 0 Å². The molecule has 1 aliphatic carbocycles. The molecule has 0 spiro atoms. The van der Waals surface area contributed by atoms with Crippen molar-refractivity contribution in [3.63, 3.8) is 0 Å². The van der Waals surface area contributed by atoms with Crippen molar-refractivity contribution in [2.45, 2.75) is 75.7 Å². The van der Waals surface area contributed by atoms with Crippen LogP contribution >= 0.6 is 0 Å². The molecule has 67 heavy (non-hydrogen) atoms. The number of hydrogen-bond donors (Lipinski definition) is 7. The Balaban J connectivity index is 0.000000199. The summed E-state index contributed by atoms with van der Waals surface area (Å²) in [7, 11) is 0. The van der Waals surface area contributed by atoms with E-state index in [1.54, 1.807) is 91.4 Å². The molecule has 346 valence electrons. The Hall–Kier alpha value is -7.78. The Labute approximate surface area is 390 Å². The number of amides is 4. The molecule has 8 rings (SSSR count). The minimum atomic E-state index is -0.551. The van der Waals surface area contributed by atoms with Crippen molar-refractivity contribution in [3.05, 3.63) is 179 Å². The molecule has 0 radical (unpaired) electrons. The SMILES string of the molecule is CC[C@H](OC(=O)N[C@@]1(c2cccnc2)CCNC1)c1ccc(C(=O)Nc2ccccc2N)cc1.C[C@H](OC(=O)NC1(c2cccnc2)CCCC1)c1ccc(C(=O)Nc2ccccc2N)cc1. The van der Waals surface area contributed by atoms with Crippen molar-refractivity contribution in [1.29, 1.82) is 0 Å². The van der Waals surface area contributed by atoms with Crippen LogP contribution in [0.25, 0.3) is 0 Å². The Morgan fingerprint density at radius 3 is 1.60 bits per heavy atom. The topological polar surface area (TPSA) is 225 Å². The van der Waals surface area contributed by atoms with Gasteiger partial charge in [-0.15, -0.1) is 0 Å². The summed E-state index contributed by atoms with van der Waals surface area (Å²) in [6.45, 7) is 5.17. The first-order valence-corrected chi connectivity index (χ1v) is 22.5. The van der Waals surface area contributed by atoms with Gasteiger partial charge < -0.3 is 47.5 Å². The van der Waals surface area contributed by atoms with Crippen LogP contribution in [0.4, 0.5) is 32.3 Å². The van der Waals surface area contributed by atoms with E-state index in [0.717, 1.165) is 60.9 Å². The summed E-state index contributed by atoms with van der Waals surface area (Å²) in [6.07, 6.45) is 10.3. The number of anilines is 4. The number of carbonyl (C=O) groups is 4. The zero-order valence-electron chi connectivity index (χ0n) is 37.7. The number of pyridine rings is 2. The molecule has 0 unspecified atom stereocenters. The molecule has 3 atom stereocenters. The van der Waals surface area contributed by atoms with Gasteiger partial charge in [-0.1, -0.05) is 80.4 Å². The van der Waals surface area contributed by atoms with Crippen molar-refractivity contribution >= 4 is 46.8 Å². The zero-order valence-corrected chi connectivity index (χ0v) is 37.7. The number of para-hydroxylation sites is 4. The fourth-order valence-electron chi connectivity index (χ4n) is 8.43. The molecule has 2 aromatic heterocycles. The van der Waals surface area contributed by atoms with E-state index in [9.17, 15) is 19.2 Å². The Bertz CT molecular complexity index is 2600. The predicted octanol–water partition coefficient (Wildman–Crippen LogP) is 9.16. The average Bonchev–Trinajstić information content (AvgIpc) is 4.04. The van der Waals surface area contributed by atoms with Crippen LogP contribution in [0.15, 0.2) is 146 Å². The molecule has 2 aliphatic rings. The lowest BCUT2D eigenvalue weighted by atomic mass is 9.89. The van der Waals surface area contributed by atoms with Crippen LogP contribution in [0.1, 0.15) is 108 Å².